The molecule has 0 amide bonds. The Morgan fingerprint density at radius 3 is 2.21 bits per heavy atom. The van der Waals surface area contributed by atoms with Gasteiger partial charge in [0.15, 0.2) is 17.8 Å². The van der Waals surface area contributed by atoms with Gasteiger partial charge in [-0.15, -0.1) is 0 Å². The van der Waals surface area contributed by atoms with Crippen molar-refractivity contribution in [1.29, 1.82) is 0 Å². The molecule has 9 nitrogen and oxygen atoms in total. The smallest absolute Gasteiger partial charge is 0.240 e. The van der Waals surface area contributed by atoms with E-state index in [9.17, 15) is 13.5 Å². The number of hydrogen-bond donors (Lipinski definition) is 2. The SMILES string of the molecule is COc1cc2c(cc1OC)CN(C[C@@H]1C[C@H](c3ccc(CO)cc3)O[C@H](c3cccc(-c4cccc(CNS(=O)(=O)c5ccccc5)c4)c3)O1)CC2. The summed E-state index contributed by atoms with van der Waals surface area (Å²) in [6.45, 7) is 2.57. The Hall–Kier alpha value is -4.55. The highest BCUT2D eigenvalue weighted by Gasteiger charge is 2.34. The van der Waals surface area contributed by atoms with Gasteiger partial charge in [-0.3, -0.25) is 4.90 Å². The lowest BCUT2D eigenvalue weighted by molar-refractivity contribution is -0.253. The lowest BCUT2D eigenvalue weighted by Gasteiger charge is -2.39. The van der Waals surface area contributed by atoms with E-state index in [1.165, 1.54) is 11.1 Å². The summed E-state index contributed by atoms with van der Waals surface area (Å²) in [5.41, 5.74) is 8.07. The molecular formula is C42H44N2O7S. The van der Waals surface area contributed by atoms with Crippen LogP contribution < -0.4 is 14.2 Å². The van der Waals surface area contributed by atoms with E-state index in [1.54, 1.807) is 44.6 Å². The van der Waals surface area contributed by atoms with E-state index in [-0.39, 0.29) is 30.3 Å². The molecule has 1 saturated heterocycles. The van der Waals surface area contributed by atoms with E-state index < -0.39 is 16.3 Å². The summed E-state index contributed by atoms with van der Waals surface area (Å²) in [6.07, 6.45) is 0.673. The molecule has 1 fully saturated rings. The van der Waals surface area contributed by atoms with Crippen molar-refractivity contribution in [2.75, 3.05) is 27.3 Å². The first-order chi connectivity index (χ1) is 25.3. The highest BCUT2D eigenvalue weighted by Crippen LogP contribution is 2.40. The summed E-state index contributed by atoms with van der Waals surface area (Å²) >= 11 is 0. The second-order valence-electron chi connectivity index (χ2n) is 13.3. The molecule has 10 heteroatoms. The van der Waals surface area contributed by atoms with Crippen molar-refractivity contribution in [3.05, 3.63) is 149 Å². The van der Waals surface area contributed by atoms with Crippen molar-refractivity contribution in [3.8, 4) is 22.6 Å². The molecule has 2 N–H and O–H groups in total. The second kappa shape index (κ2) is 16.0. The van der Waals surface area contributed by atoms with Crippen molar-refractivity contribution in [2.45, 2.75) is 55.9 Å². The molecule has 52 heavy (non-hydrogen) atoms. The summed E-state index contributed by atoms with van der Waals surface area (Å²) in [4.78, 5) is 2.67. The molecule has 5 aromatic carbocycles. The van der Waals surface area contributed by atoms with Gasteiger partial charge in [0.1, 0.15) is 0 Å². The van der Waals surface area contributed by atoms with Crippen LogP contribution in [0.15, 0.2) is 120 Å². The average molecular weight is 721 g/mol. The maximum absolute atomic E-state index is 12.8. The van der Waals surface area contributed by atoms with Gasteiger partial charge in [-0.25, -0.2) is 13.1 Å². The Morgan fingerprint density at radius 1 is 0.769 bits per heavy atom. The Labute approximate surface area is 305 Å². The number of benzene rings is 5. The van der Waals surface area contributed by atoms with Crippen LogP contribution in [0.1, 0.15) is 52.2 Å². The first-order valence-electron chi connectivity index (χ1n) is 17.5. The van der Waals surface area contributed by atoms with E-state index in [0.717, 1.165) is 70.9 Å². The number of nitrogens with one attached hydrogen (secondary N) is 1. The van der Waals surface area contributed by atoms with Gasteiger partial charge < -0.3 is 24.1 Å². The van der Waals surface area contributed by atoms with Crippen LogP contribution in [-0.4, -0.2) is 51.8 Å². The number of hydrogen-bond acceptors (Lipinski definition) is 8. The predicted molar refractivity (Wildman–Crippen MR) is 199 cm³/mol. The van der Waals surface area contributed by atoms with Crippen LogP contribution in [0.5, 0.6) is 11.5 Å². The van der Waals surface area contributed by atoms with Gasteiger partial charge in [-0.1, -0.05) is 78.9 Å². The van der Waals surface area contributed by atoms with Gasteiger partial charge in [-0.05, 0) is 81.8 Å². The summed E-state index contributed by atoms with van der Waals surface area (Å²) in [5.74, 6) is 1.48. The van der Waals surface area contributed by atoms with Gasteiger partial charge in [0.25, 0.3) is 0 Å². The maximum Gasteiger partial charge on any atom is 0.240 e. The Bertz CT molecular complexity index is 2090. The number of nitrogens with zero attached hydrogens (tertiary/aromatic N) is 1. The lowest BCUT2D eigenvalue weighted by atomic mass is 9.96. The van der Waals surface area contributed by atoms with Crippen molar-refractivity contribution in [2.24, 2.45) is 0 Å². The first-order valence-corrected chi connectivity index (χ1v) is 19.0. The number of aliphatic hydroxyl groups excluding tert-OH is 1. The minimum Gasteiger partial charge on any atom is -0.493 e. The number of aliphatic hydroxyl groups is 1. The molecule has 0 unspecified atom stereocenters. The van der Waals surface area contributed by atoms with Crippen molar-refractivity contribution >= 4 is 10.0 Å². The van der Waals surface area contributed by atoms with Crippen LogP contribution in [0.25, 0.3) is 11.1 Å². The fourth-order valence-corrected chi connectivity index (χ4v) is 8.04. The molecule has 2 aliphatic rings. The molecule has 0 aromatic heterocycles. The normalized spacial score (nSPS) is 19.2. The number of methoxy groups -OCH3 is 2. The van der Waals surface area contributed by atoms with Crippen LogP contribution in [-0.2, 0) is 45.6 Å². The molecule has 5 aromatic rings. The van der Waals surface area contributed by atoms with Crippen LogP contribution in [0.3, 0.4) is 0 Å². The number of rotatable bonds is 12. The maximum atomic E-state index is 12.8. The molecule has 0 saturated carbocycles. The van der Waals surface area contributed by atoms with Gasteiger partial charge >= 0.3 is 0 Å². The standard InChI is InChI=1S/C42H44N2O7S/c1-48-40-22-34-18-19-44(26-36(34)23-41(40)49-2)27-37-24-39(31-16-14-29(28-45)15-17-31)51-42(50-37)35-11-7-10-33(21-35)32-9-6-8-30(20-32)25-43-52(46,47)38-12-4-3-5-13-38/h3-17,20-23,37,39,42-43,45H,18-19,24-28H2,1-2H3/t37-,39+,42+/m0/s1. The zero-order chi connectivity index (χ0) is 36.1. The third kappa shape index (κ3) is 8.23. The Kier molecular flexibility index (Phi) is 11.0. The zero-order valence-corrected chi connectivity index (χ0v) is 30.2. The molecule has 7 rings (SSSR count). The van der Waals surface area contributed by atoms with Gasteiger partial charge in [0.05, 0.1) is 37.9 Å². The third-order valence-corrected chi connectivity index (χ3v) is 11.2. The quantitative estimate of drug-likeness (QED) is 0.143. The molecular weight excluding hydrogens is 677 g/mol. The van der Waals surface area contributed by atoms with E-state index in [4.69, 9.17) is 18.9 Å². The fourth-order valence-electron chi connectivity index (χ4n) is 7.01. The largest absolute Gasteiger partial charge is 0.493 e. The molecule has 3 atom stereocenters. The van der Waals surface area contributed by atoms with Gasteiger partial charge in [0, 0.05) is 38.2 Å². The van der Waals surface area contributed by atoms with Gasteiger partial charge in [-0.2, -0.15) is 0 Å². The average Bonchev–Trinajstić information content (AvgIpc) is 3.20. The number of fused-ring (bicyclic) bond motifs is 1. The molecule has 0 radical (unpaired) electrons. The van der Waals surface area contributed by atoms with Gasteiger partial charge in [0.2, 0.25) is 10.0 Å². The van der Waals surface area contributed by atoms with E-state index in [2.05, 4.69) is 27.8 Å². The van der Waals surface area contributed by atoms with Crippen LogP contribution in [0.2, 0.25) is 0 Å². The van der Waals surface area contributed by atoms with Crippen molar-refractivity contribution in [3.63, 3.8) is 0 Å². The van der Waals surface area contributed by atoms with Crippen molar-refractivity contribution in [1.82, 2.24) is 9.62 Å². The Balaban J connectivity index is 1.10. The van der Waals surface area contributed by atoms with E-state index in [0.29, 0.717) is 6.42 Å². The summed E-state index contributed by atoms with van der Waals surface area (Å²) < 4.78 is 53.0. The molecule has 0 aliphatic carbocycles. The third-order valence-electron chi connectivity index (χ3n) is 9.81. The lowest BCUT2D eigenvalue weighted by Crippen LogP contribution is -2.41. The minimum absolute atomic E-state index is 0.0137. The van der Waals surface area contributed by atoms with Crippen molar-refractivity contribution < 1.29 is 32.5 Å². The second-order valence-corrected chi connectivity index (χ2v) is 15.0. The van der Waals surface area contributed by atoms with E-state index in [1.807, 2.05) is 66.7 Å². The minimum atomic E-state index is -3.64. The molecule has 2 aliphatic heterocycles. The van der Waals surface area contributed by atoms with Crippen LogP contribution in [0, 0.1) is 0 Å². The monoisotopic (exact) mass is 720 g/mol. The van der Waals surface area contributed by atoms with Crippen LogP contribution >= 0.6 is 0 Å². The molecule has 270 valence electrons. The zero-order valence-electron chi connectivity index (χ0n) is 29.4. The number of sulfonamides is 1. The number of ether oxygens (including phenoxy) is 4. The Morgan fingerprint density at radius 2 is 1.48 bits per heavy atom. The fraction of sp³-hybridized carbons (Fsp3) is 0.286. The molecule has 2 heterocycles. The highest BCUT2D eigenvalue weighted by atomic mass is 32.2. The highest BCUT2D eigenvalue weighted by molar-refractivity contribution is 7.89. The predicted octanol–water partition coefficient (Wildman–Crippen LogP) is 6.95. The summed E-state index contributed by atoms with van der Waals surface area (Å²) in [7, 11) is -0.307. The van der Waals surface area contributed by atoms with E-state index >= 15 is 0 Å². The molecule has 0 bridgehead atoms. The molecule has 0 spiro atoms. The summed E-state index contributed by atoms with van der Waals surface area (Å²) in [5, 5.41) is 9.63. The first kappa shape index (κ1) is 35.8. The van der Waals surface area contributed by atoms with Crippen LogP contribution in [0.4, 0.5) is 0 Å². The topological polar surface area (TPSA) is 107 Å². The summed E-state index contributed by atoms with van der Waals surface area (Å²) in [6, 6.07) is 36.5.